The van der Waals surface area contributed by atoms with E-state index in [1.165, 1.54) is 9.58 Å². The Morgan fingerprint density at radius 2 is 1.76 bits per heavy atom. The van der Waals surface area contributed by atoms with E-state index in [2.05, 4.69) is 60.0 Å². The molecular weight excluding hydrogens is 1090 g/mol. The molecule has 5 aromatic heterocycles. The number of benzene rings is 4. The number of aromatic amines is 2. The number of amides is 2. The Bertz CT molecular complexity index is 4130. The lowest BCUT2D eigenvalue weighted by Gasteiger charge is -2.31. The van der Waals surface area contributed by atoms with Crippen molar-refractivity contribution < 1.29 is 38.4 Å². The number of halogens is 1. The van der Waals surface area contributed by atoms with Crippen LogP contribution in [0.5, 0.6) is 11.8 Å². The highest BCUT2D eigenvalue weighted by Crippen LogP contribution is 2.53. The number of piperazine rings is 1. The largest absolute Gasteiger partial charge is 0.486 e. The molecular formula is C63H68FN13O8. The highest BCUT2D eigenvalue weighted by Gasteiger charge is 2.44. The van der Waals surface area contributed by atoms with Gasteiger partial charge in [0.05, 0.1) is 54.9 Å². The lowest BCUT2D eigenvalue weighted by atomic mass is 9.89. The molecule has 5 fully saturated rings. The molecule has 0 unspecified atom stereocenters. The van der Waals surface area contributed by atoms with Gasteiger partial charge < -0.3 is 49.8 Å². The van der Waals surface area contributed by atoms with Crippen molar-refractivity contribution in [3.63, 3.8) is 0 Å². The van der Waals surface area contributed by atoms with Crippen LogP contribution in [0.15, 0.2) is 84.0 Å². The Balaban J connectivity index is 0.798. The van der Waals surface area contributed by atoms with Crippen LogP contribution in [0.1, 0.15) is 99.6 Å². The minimum atomic E-state index is -1.08. The first-order valence-electron chi connectivity index (χ1n) is 29.7. The van der Waals surface area contributed by atoms with Crippen LogP contribution in [-0.2, 0) is 27.5 Å². The first kappa shape index (κ1) is 54.6. The van der Waals surface area contributed by atoms with Crippen LogP contribution in [-0.4, -0.2) is 141 Å². The van der Waals surface area contributed by atoms with Crippen LogP contribution in [0.2, 0.25) is 0 Å². The standard InChI is InChI=1S/C63H68FN13O8/c1-5-76-49(16-19-67-76)36-11-9-35(10-12-36)48(30-78)68-60(80)50-23-40(79)28-75(50)62(82)57(32(2)3)77-29-46-42-14-13-37(53(64)54(42)69-61(81)56(46)73-77)31-84-58-52(51-33(4)6-15-47-45(51)26-66-72-47)43(34-7-8-34)24-44-55(58)70-63(85-41-17-20-83-21-18-41)71-59(44)74-27-38-22-39(74)25-65-38/h6,9-16,19,24,26,29,32,34,38-41,48,50,57,65,78-79H,5,7-8,17-18,20-23,25,27-28,30-31H2,1-4H3,(H,66,72)(H,68,80)(H,69,81)/t38-,39-,40+,48-,50-,57-/m0/s1. The van der Waals surface area contributed by atoms with Crippen LogP contribution in [0.4, 0.5) is 10.2 Å². The molecule has 440 valence electrons. The van der Waals surface area contributed by atoms with Crippen molar-refractivity contribution >= 4 is 61.2 Å². The zero-order valence-corrected chi connectivity index (χ0v) is 47.8. The summed E-state index contributed by atoms with van der Waals surface area (Å²) in [7, 11) is 0. The summed E-state index contributed by atoms with van der Waals surface area (Å²) in [5.74, 6) is -0.672. The fraction of sp³-hybridized carbons (Fsp3) is 0.429. The average molecular weight is 1150 g/mol. The van der Waals surface area contributed by atoms with Gasteiger partial charge in [-0.15, -0.1) is 0 Å². The molecule has 85 heavy (non-hydrogen) atoms. The van der Waals surface area contributed by atoms with Crippen LogP contribution in [0, 0.1) is 18.7 Å². The number of fused-ring (bicyclic) bond motifs is 7. The Morgan fingerprint density at radius 1 is 0.941 bits per heavy atom. The summed E-state index contributed by atoms with van der Waals surface area (Å²) in [6.07, 6.45) is 8.32. The maximum atomic E-state index is 17.6. The normalized spacial score (nSPS) is 20.7. The zero-order valence-electron chi connectivity index (χ0n) is 47.8. The monoisotopic (exact) mass is 1150 g/mol. The number of carbonyl (C=O) groups is 2. The molecule has 4 aliphatic heterocycles. The molecule has 4 saturated heterocycles. The van der Waals surface area contributed by atoms with Gasteiger partial charge in [0.15, 0.2) is 17.1 Å². The minimum Gasteiger partial charge on any atom is -0.486 e. The number of nitrogens with zero attached hydrogens (tertiary/aromatic N) is 9. The summed E-state index contributed by atoms with van der Waals surface area (Å²) < 4.78 is 40.3. The number of aryl methyl sites for hydroxylation is 2. The zero-order chi connectivity index (χ0) is 58.4. The molecule has 0 spiro atoms. The van der Waals surface area contributed by atoms with Gasteiger partial charge in [-0.05, 0) is 91.0 Å². The highest BCUT2D eigenvalue weighted by atomic mass is 19.1. The number of hydrogen-bond donors (Lipinski definition) is 6. The van der Waals surface area contributed by atoms with Gasteiger partial charge in [0.25, 0.3) is 5.56 Å². The number of aliphatic hydroxyl groups excluding tert-OH is 2. The minimum absolute atomic E-state index is 0.00544. The number of aliphatic hydroxyl groups is 2. The Hall–Kier alpha value is -8.31. The van der Waals surface area contributed by atoms with Gasteiger partial charge in [0, 0.05) is 103 Å². The second-order valence-electron chi connectivity index (χ2n) is 23.9. The van der Waals surface area contributed by atoms with Crippen molar-refractivity contribution in [1.29, 1.82) is 0 Å². The van der Waals surface area contributed by atoms with Crippen molar-refractivity contribution in [2.75, 3.05) is 44.4 Å². The van der Waals surface area contributed by atoms with Crippen molar-refractivity contribution in [1.82, 2.24) is 60.2 Å². The molecule has 22 heteroatoms. The molecule has 9 aromatic rings. The fourth-order valence-corrected chi connectivity index (χ4v) is 13.5. The van der Waals surface area contributed by atoms with Crippen LogP contribution in [0.25, 0.3) is 66.0 Å². The predicted octanol–water partition coefficient (Wildman–Crippen LogP) is 7.27. The molecule has 2 amide bonds. The number of nitrogens with one attached hydrogen (secondary N) is 4. The third-order valence-corrected chi connectivity index (χ3v) is 18.0. The summed E-state index contributed by atoms with van der Waals surface area (Å²) in [6.45, 7) is 10.4. The van der Waals surface area contributed by atoms with Crippen LogP contribution in [0.3, 0.4) is 0 Å². The van der Waals surface area contributed by atoms with E-state index in [0.29, 0.717) is 66.2 Å². The Kier molecular flexibility index (Phi) is 14.1. The average Bonchev–Trinajstić information content (AvgIpc) is 2.28. The van der Waals surface area contributed by atoms with Crippen LogP contribution >= 0.6 is 0 Å². The molecule has 21 nitrogen and oxygen atoms in total. The Morgan fingerprint density at radius 3 is 2.51 bits per heavy atom. The molecule has 4 aromatic carbocycles. The van der Waals surface area contributed by atoms with Crippen molar-refractivity contribution in [2.45, 2.75) is 128 Å². The van der Waals surface area contributed by atoms with E-state index >= 15 is 4.39 Å². The quantitative estimate of drug-likeness (QED) is 0.0524. The SMILES string of the molecule is CCn1nccc1-c1ccc([C@H](CO)NC(=O)[C@@H]2C[C@@H](O)CN2C(=O)[C@H](C(C)C)n2cc3c(n2)c(=O)[nH]c2c(F)c(COc4c(-c5c(C)ccc6[nH]ncc56)c(C5CC5)cc5c(N6C[C@@H]7C[C@H]6CN7)nc(OC6CCOCC6)nc45)ccc23)cc1. The molecule has 1 aliphatic carbocycles. The number of pyridine rings is 1. The first-order chi connectivity index (χ1) is 41.3. The number of hydrogen-bond acceptors (Lipinski definition) is 15. The number of rotatable bonds is 17. The molecule has 6 N–H and O–H groups in total. The van der Waals surface area contributed by atoms with Gasteiger partial charge in [0.1, 0.15) is 36.1 Å². The van der Waals surface area contributed by atoms with E-state index in [4.69, 9.17) is 24.2 Å². The summed E-state index contributed by atoms with van der Waals surface area (Å²) in [5.41, 5.74) is 7.24. The van der Waals surface area contributed by atoms with Crippen LogP contribution < -0.4 is 30.6 Å². The lowest BCUT2D eigenvalue weighted by molar-refractivity contribution is -0.142. The number of H-pyrrole nitrogens is 2. The first-order valence-corrected chi connectivity index (χ1v) is 29.7. The van der Waals surface area contributed by atoms with E-state index in [1.54, 1.807) is 24.5 Å². The number of ether oxygens (including phenoxy) is 3. The Labute approximate surface area is 487 Å². The van der Waals surface area contributed by atoms with E-state index < -0.39 is 59.9 Å². The van der Waals surface area contributed by atoms with E-state index in [-0.39, 0.29) is 60.2 Å². The topological polar surface area (TPSA) is 256 Å². The maximum Gasteiger partial charge on any atom is 0.319 e. The summed E-state index contributed by atoms with van der Waals surface area (Å²) >= 11 is 0. The number of β-amino-alcohol motifs (C(OH)–C–C–N with tert-alkyl or cyclic N) is 1. The summed E-state index contributed by atoms with van der Waals surface area (Å²) in [4.78, 5) is 60.1. The number of likely N-dealkylation sites (tertiary alicyclic amines) is 1. The number of aromatic nitrogens is 9. The lowest BCUT2D eigenvalue weighted by Crippen LogP contribution is -2.50. The van der Waals surface area contributed by atoms with E-state index in [1.807, 2.05) is 68.0 Å². The molecule has 14 rings (SSSR count). The summed E-state index contributed by atoms with van der Waals surface area (Å²) in [5, 5.41) is 47.1. The van der Waals surface area contributed by atoms with Gasteiger partial charge in [-0.1, -0.05) is 56.3 Å². The van der Waals surface area contributed by atoms with Crippen molar-refractivity contribution in [3.8, 4) is 34.1 Å². The second kappa shape index (κ2) is 22.0. The van der Waals surface area contributed by atoms with Gasteiger partial charge in [0.2, 0.25) is 11.8 Å². The van der Waals surface area contributed by atoms with E-state index in [0.717, 1.165) is 88.0 Å². The molecule has 6 atom stereocenters. The molecule has 1 saturated carbocycles. The van der Waals surface area contributed by atoms with Gasteiger partial charge in [-0.3, -0.25) is 28.8 Å². The van der Waals surface area contributed by atoms with Crippen molar-refractivity contribution in [3.05, 3.63) is 118 Å². The van der Waals surface area contributed by atoms with Gasteiger partial charge >= 0.3 is 6.01 Å². The maximum absolute atomic E-state index is 17.6. The highest BCUT2D eigenvalue weighted by molar-refractivity contribution is 6.07. The number of carbonyl (C=O) groups excluding carboxylic acids is 2. The molecule has 5 aliphatic rings. The molecule has 0 radical (unpaired) electrons. The smallest absolute Gasteiger partial charge is 0.319 e. The predicted molar refractivity (Wildman–Crippen MR) is 317 cm³/mol. The second-order valence-corrected chi connectivity index (χ2v) is 23.9. The summed E-state index contributed by atoms with van der Waals surface area (Å²) in [6, 6.07) is 17.0. The van der Waals surface area contributed by atoms with Gasteiger partial charge in [-0.2, -0.15) is 25.3 Å². The third-order valence-electron chi connectivity index (χ3n) is 18.0. The fourth-order valence-electron chi connectivity index (χ4n) is 13.5. The van der Waals surface area contributed by atoms with Gasteiger partial charge in [-0.25, -0.2) is 4.39 Å². The molecule has 2 bridgehead atoms. The van der Waals surface area contributed by atoms with E-state index in [9.17, 15) is 24.6 Å². The number of anilines is 1. The van der Waals surface area contributed by atoms with Crippen molar-refractivity contribution in [2.24, 2.45) is 5.92 Å². The third kappa shape index (κ3) is 9.81. The molecule has 9 heterocycles.